The monoisotopic (exact) mass is 343 g/mol. The lowest BCUT2D eigenvalue weighted by Gasteiger charge is -2.18. The van der Waals surface area contributed by atoms with Gasteiger partial charge in [-0.05, 0) is 61.7 Å². The van der Waals surface area contributed by atoms with Gasteiger partial charge in [0.15, 0.2) is 11.5 Å². The van der Waals surface area contributed by atoms with Crippen molar-refractivity contribution >= 4 is 0 Å². The number of nitrogens with two attached hydrogens (primary N) is 1. The number of rotatable bonds is 10. The number of hydrogen-bond acceptors (Lipinski definition) is 4. The van der Waals surface area contributed by atoms with Gasteiger partial charge in [-0.25, -0.2) is 0 Å². The molecule has 1 unspecified atom stereocenters. The molecule has 2 aromatic rings. The van der Waals surface area contributed by atoms with E-state index in [2.05, 4.69) is 31.2 Å². The fourth-order valence-corrected chi connectivity index (χ4v) is 2.82. The van der Waals surface area contributed by atoms with Crippen LogP contribution in [0.15, 0.2) is 42.5 Å². The van der Waals surface area contributed by atoms with Crippen LogP contribution in [0.1, 0.15) is 37.3 Å². The smallest absolute Gasteiger partial charge is 0.161 e. The molecule has 0 aliphatic carbocycles. The maximum atomic E-state index is 6.05. The lowest BCUT2D eigenvalue weighted by molar-refractivity contribution is 0.294. The molecule has 0 fully saturated rings. The van der Waals surface area contributed by atoms with E-state index in [-0.39, 0.29) is 5.92 Å². The molecule has 136 valence electrons. The van der Waals surface area contributed by atoms with E-state index in [1.165, 1.54) is 11.1 Å². The quantitative estimate of drug-likeness (QED) is 0.703. The third-order valence-corrected chi connectivity index (χ3v) is 4.10. The zero-order valence-electron chi connectivity index (χ0n) is 15.5. The number of benzene rings is 2. The lowest BCUT2D eigenvalue weighted by atomic mass is 9.92. The van der Waals surface area contributed by atoms with E-state index >= 15 is 0 Å². The molecular formula is C21H29NO3. The van der Waals surface area contributed by atoms with Crippen LogP contribution >= 0.6 is 0 Å². The Balaban J connectivity index is 2.19. The third kappa shape index (κ3) is 5.40. The molecule has 0 amide bonds. The average Bonchev–Trinajstić information content (AvgIpc) is 2.65. The highest BCUT2D eigenvalue weighted by molar-refractivity contribution is 5.43. The first-order valence-corrected chi connectivity index (χ1v) is 8.94. The second kappa shape index (κ2) is 9.94. The summed E-state index contributed by atoms with van der Waals surface area (Å²) in [5.41, 5.74) is 8.43. The van der Waals surface area contributed by atoms with Gasteiger partial charge in [0, 0.05) is 5.92 Å². The van der Waals surface area contributed by atoms with Crippen LogP contribution in [-0.2, 0) is 6.42 Å². The molecule has 2 N–H and O–H groups in total. The van der Waals surface area contributed by atoms with Gasteiger partial charge in [-0.3, -0.25) is 0 Å². The van der Waals surface area contributed by atoms with Crippen LogP contribution in [0.3, 0.4) is 0 Å². The first-order chi connectivity index (χ1) is 12.2. The number of methoxy groups -OCH3 is 1. The van der Waals surface area contributed by atoms with Gasteiger partial charge in [0.2, 0.25) is 0 Å². The summed E-state index contributed by atoms with van der Waals surface area (Å²) < 4.78 is 16.8. The molecule has 0 saturated carbocycles. The normalized spacial score (nSPS) is 11.8. The minimum atomic E-state index is 0.229. The molecular weight excluding hydrogens is 314 g/mol. The Morgan fingerprint density at radius 3 is 2.52 bits per heavy atom. The van der Waals surface area contributed by atoms with Gasteiger partial charge >= 0.3 is 0 Å². The van der Waals surface area contributed by atoms with E-state index in [0.717, 1.165) is 30.1 Å². The molecule has 0 bridgehead atoms. The molecule has 0 aromatic heterocycles. The summed E-state index contributed by atoms with van der Waals surface area (Å²) in [6.07, 6.45) is 1.81. The van der Waals surface area contributed by atoms with Crippen LogP contribution < -0.4 is 19.9 Å². The molecule has 0 aliphatic rings. The molecule has 0 radical (unpaired) electrons. The van der Waals surface area contributed by atoms with E-state index in [9.17, 15) is 0 Å². The summed E-state index contributed by atoms with van der Waals surface area (Å²) in [7, 11) is 1.66. The highest BCUT2D eigenvalue weighted by atomic mass is 16.5. The number of ether oxygens (including phenoxy) is 3. The van der Waals surface area contributed by atoms with Gasteiger partial charge in [0.05, 0.1) is 20.3 Å². The molecule has 0 heterocycles. The second-order valence-corrected chi connectivity index (χ2v) is 5.98. The van der Waals surface area contributed by atoms with Crippen LogP contribution in [-0.4, -0.2) is 26.9 Å². The first-order valence-electron chi connectivity index (χ1n) is 8.94. The van der Waals surface area contributed by atoms with Crippen molar-refractivity contribution < 1.29 is 14.2 Å². The summed E-state index contributed by atoms with van der Waals surface area (Å²) in [6, 6.07) is 14.3. The van der Waals surface area contributed by atoms with Gasteiger partial charge in [-0.1, -0.05) is 25.1 Å². The maximum absolute atomic E-state index is 6.05. The van der Waals surface area contributed by atoms with Crippen LogP contribution in [0, 0.1) is 0 Å². The molecule has 2 rings (SSSR count). The van der Waals surface area contributed by atoms with Gasteiger partial charge < -0.3 is 19.9 Å². The van der Waals surface area contributed by atoms with Crippen LogP contribution in [0.5, 0.6) is 17.2 Å². The van der Waals surface area contributed by atoms with Gasteiger partial charge in [0.25, 0.3) is 0 Å². The molecule has 4 nitrogen and oxygen atoms in total. The predicted octanol–water partition coefficient (Wildman–Crippen LogP) is 4.17. The Morgan fingerprint density at radius 1 is 1.00 bits per heavy atom. The third-order valence-electron chi connectivity index (χ3n) is 4.10. The largest absolute Gasteiger partial charge is 0.494 e. The SMILES string of the molecule is CCCOc1cc(CC(CN)c2cccc(OCC)c2)ccc1OC. The molecule has 4 heteroatoms. The summed E-state index contributed by atoms with van der Waals surface area (Å²) >= 11 is 0. The molecule has 0 saturated heterocycles. The van der Waals surface area contributed by atoms with E-state index < -0.39 is 0 Å². The summed E-state index contributed by atoms with van der Waals surface area (Å²) in [6.45, 7) is 5.99. The van der Waals surface area contributed by atoms with Gasteiger partial charge in [-0.2, -0.15) is 0 Å². The van der Waals surface area contributed by atoms with Gasteiger partial charge in [0.1, 0.15) is 5.75 Å². The lowest BCUT2D eigenvalue weighted by Crippen LogP contribution is -2.15. The summed E-state index contributed by atoms with van der Waals surface area (Å²) in [5, 5.41) is 0. The van der Waals surface area contributed by atoms with Crippen LogP contribution in [0.4, 0.5) is 0 Å². The molecule has 1 atom stereocenters. The first kappa shape index (κ1) is 19.1. The van der Waals surface area contributed by atoms with Crippen molar-refractivity contribution in [1.29, 1.82) is 0 Å². The molecule has 25 heavy (non-hydrogen) atoms. The Kier molecular flexibility index (Phi) is 7.61. The minimum absolute atomic E-state index is 0.229. The Bertz CT molecular complexity index is 657. The highest BCUT2D eigenvalue weighted by Crippen LogP contribution is 2.31. The zero-order valence-corrected chi connectivity index (χ0v) is 15.5. The highest BCUT2D eigenvalue weighted by Gasteiger charge is 2.14. The van der Waals surface area contributed by atoms with Crippen molar-refractivity contribution in [2.24, 2.45) is 5.73 Å². The van der Waals surface area contributed by atoms with Crippen molar-refractivity contribution in [3.8, 4) is 17.2 Å². The summed E-state index contributed by atoms with van der Waals surface area (Å²) in [4.78, 5) is 0. The van der Waals surface area contributed by atoms with Crippen molar-refractivity contribution in [3.05, 3.63) is 53.6 Å². The Labute approximate surface area is 150 Å². The minimum Gasteiger partial charge on any atom is -0.494 e. The predicted molar refractivity (Wildman–Crippen MR) is 102 cm³/mol. The molecule has 2 aromatic carbocycles. The maximum Gasteiger partial charge on any atom is 0.161 e. The van der Waals surface area contributed by atoms with Gasteiger partial charge in [-0.15, -0.1) is 0 Å². The zero-order chi connectivity index (χ0) is 18.1. The molecule has 0 spiro atoms. The fourth-order valence-electron chi connectivity index (χ4n) is 2.82. The topological polar surface area (TPSA) is 53.7 Å². The van der Waals surface area contributed by atoms with E-state index in [1.54, 1.807) is 7.11 Å². The second-order valence-electron chi connectivity index (χ2n) is 5.98. The van der Waals surface area contributed by atoms with Crippen LogP contribution in [0.2, 0.25) is 0 Å². The van der Waals surface area contributed by atoms with Crippen molar-refractivity contribution in [1.82, 2.24) is 0 Å². The fraction of sp³-hybridized carbons (Fsp3) is 0.429. The van der Waals surface area contributed by atoms with Crippen molar-refractivity contribution in [3.63, 3.8) is 0 Å². The average molecular weight is 343 g/mol. The Morgan fingerprint density at radius 2 is 1.84 bits per heavy atom. The Hall–Kier alpha value is -2.20. The van der Waals surface area contributed by atoms with Crippen molar-refractivity contribution in [2.75, 3.05) is 26.9 Å². The number of hydrogen-bond donors (Lipinski definition) is 1. The molecule has 0 aliphatic heterocycles. The van der Waals surface area contributed by atoms with E-state index in [4.69, 9.17) is 19.9 Å². The summed E-state index contributed by atoms with van der Waals surface area (Å²) in [5.74, 6) is 2.67. The van der Waals surface area contributed by atoms with Crippen LogP contribution in [0.25, 0.3) is 0 Å². The van der Waals surface area contributed by atoms with E-state index in [0.29, 0.717) is 19.8 Å². The standard InChI is InChI=1S/C21H29NO3/c1-4-11-25-21-13-16(9-10-20(21)23-3)12-18(15-22)17-7-6-8-19(14-17)24-5-2/h6-10,13-14,18H,4-5,11-12,15,22H2,1-3H3. The van der Waals surface area contributed by atoms with Crippen molar-refractivity contribution in [2.45, 2.75) is 32.6 Å². The van der Waals surface area contributed by atoms with E-state index in [1.807, 2.05) is 25.1 Å².